The summed E-state index contributed by atoms with van der Waals surface area (Å²) in [5, 5.41) is 28.1. The molecule has 0 atom stereocenters. The maximum atomic E-state index is 13.9. The minimum atomic E-state index is -0.465. The number of carbonyl (C=O) groups excluding carboxylic acids is 1. The number of hydrogen-bond donors (Lipinski definition) is 3. The van der Waals surface area contributed by atoms with Gasteiger partial charge in [0.25, 0.3) is 5.91 Å². The van der Waals surface area contributed by atoms with E-state index in [1.165, 1.54) is 30.3 Å². The van der Waals surface area contributed by atoms with E-state index in [1.807, 2.05) is 24.3 Å². The largest absolute Gasteiger partial charge is 0.507 e. The molecule has 1 aliphatic rings. The predicted octanol–water partition coefficient (Wildman–Crippen LogP) is 4.81. The van der Waals surface area contributed by atoms with Crippen molar-refractivity contribution in [2.75, 3.05) is 32.8 Å². The fourth-order valence-corrected chi connectivity index (χ4v) is 4.58. The van der Waals surface area contributed by atoms with Crippen LogP contribution in [0.2, 0.25) is 0 Å². The van der Waals surface area contributed by atoms with Gasteiger partial charge in [-0.25, -0.2) is 4.39 Å². The molecule has 38 heavy (non-hydrogen) atoms. The number of aromatic nitrogens is 1. The second kappa shape index (κ2) is 11.0. The van der Waals surface area contributed by atoms with Crippen LogP contribution in [-0.4, -0.2) is 59.0 Å². The summed E-state index contributed by atoms with van der Waals surface area (Å²) in [6, 6.07) is 16.2. The van der Waals surface area contributed by atoms with Gasteiger partial charge in [-0.15, -0.1) is 0 Å². The maximum Gasteiger partial charge on any atom is 0.274 e. The molecule has 9 heteroatoms. The normalized spacial score (nSPS) is 13.9. The highest BCUT2D eigenvalue weighted by atomic mass is 19.1. The van der Waals surface area contributed by atoms with Gasteiger partial charge in [-0.3, -0.25) is 9.69 Å². The van der Waals surface area contributed by atoms with Crippen LogP contribution in [0.3, 0.4) is 0 Å². The highest BCUT2D eigenvalue weighted by molar-refractivity contribution is 6.03. The first kappa shape index (κ1) is 25.4. The monoisotopic (exact) mass is 517 g/mol. The number of rotatable bonds is 7. The molecule has 4 aromatic rings. The van der Waals surface area contributed by atoms with E-state index in [1.54, 1.807) is 13.0 Å². The van der Waals surface area contributed by atoms with E-state index in [0.29, 0.717) is 42.0 Å². The van der Waals surface area contributed by atoms with Crippen molar-refractivity contribution >= 4 is 5.91 Å². The van der Waals surface area contributed by atoms with Gasteiger partial charge in [0.2, 0.25) is 0 Å². The number of halogens is 1. The fraction of sp³-hybridized carbons (Fsp3) is 0.241. The Morgan fingerprint density at radius 1 is 1.00 bits per heavy atom. The van der Waals surface area contributed by atoms with Crippen LogP contribution in [0.5, 0.6) is 11.5 Å². The average molecular weight is 518 g/mol. The van der Waals surface area contributed by atoms with E-state index < -0.39 is 11.7 Å². The molecule has 0 bridgehead atoms. The number of hydrogen-bond acceptors (Lipinski definition) is 7. The van der Waals surface area contributed by atoms with Gasteiger partial charge in [0, 0.05) is 37.8 Å². The molecular formula is C29H28FN3O5. The molecule has 0 aliphatic carbocycles. The number of amides is 1. The maximum absolute atomic E-state index is 13.9. The van der Waals surface area contributed by atoms with E-state index in [-0.39, 0.29) is 28.5 Å². The summed E-state index contributed by atoms with van der Waals surface area (Å²) in [4.78, 5) is 15.2. The summed E-state index contributed by atoms with van der Waals surface area (Å²) in [5.41, 5.74) is 3.17. The standard InChI is InChI=1S/C29H28FN3O5/c1-2-31-29(36)27-26(19-8-6-18(7-9-19)17-33-10-12-37-13-11-33)28(38-32-27)23-15-22(24(34)16-25(23)35)20-4-3-5-21(30)14-20/h3-9,14-16,34-35H,2,10-13,17H2,1H3,(H,31,36). The first-order valence-electron chi connectivity index (χ1n) is 12.4. The first-order chi connectivity index (χ1) is 18.4. The minimum Gasteiger partial charge on any atom is -0.507 e. The first-order valence-corrected chi connectivity index (χ1v) is 12.4. The molecule has 196 valence electrons. The van der Waals surface area contributed by atoms with Crippen LogP contribution in [0.4, 0.5) is 4.39 Å². The second-order valence-electron chi connectivity index (χ2n) is 9.08. The Morgan fingerprint density at radius 2 is 1.74 bits per heavy atom. The molecule has 3 aromatic carbocycles. The molecule has 3 N–H and O–H groups in total. The van der Waals surface area contributed by atoms with Crippen LogP contribution in [0, 0.1) is 5.82 Å². The van der Waals surface area contributed by atoms with Gasteiger partial charge in [-0.2, -0.15) is 0 Å². The van der Waals surface area contributed by atoms with Crippen molar-refractivity contribution in [3.05, 3.63) is 77.7 Å². The zero-order valence-electron chi connectivity index (χ0n) is 20.9. The zero-order valence-corrected chi connectivity index (χ0v) is 20.9. The van der Waals surface area contributed by atoms with E-state index >= 15 is 0 Å². The Labute approximate surface area is 219 Å². The summed E-state index contributed by atoms with van der Waals surface area (Å²) < 4.78 is 25.0. The Bertz CT molecular complexity index is 1450. The number of morpholine rings is 1. The average Bonchev–Trinajstić information content (AvgIpc) is 3.35. The Hall–Kier alpha value is -4.21. The molecule has 1 aliphatic heterocycles. The summed E-state index contributed by atoms with van der Waals surface area (Å²) in [7, 11) is 0. The number of benzene rings is 3. The van der Waals surface area contributed by atoms with Crippen LogP contribution in [0.1, 0.15) is 23.0 Å². The van der Waals surface area contributed by atoms with Crippen molar-refractivity contribution in [2.24, 2.45) is 0 Å². The molecule has 1 saturated heterocycles. The lowest BCUT2D eigenvalue weighted by atomic mass is 9.94. The van der Waals surface area contributed by atoms with E-state index in [2.05, 4.69) is 15.4 Å². The highest BCUT2D eigenvalue weighted by Crippen LogP contribution is 2.44. The van der Waals surface area contributed by atoms with Crippen molar-refractivity contribution in [2.45, 2.75) is 13.5 Å². The van der Waals surface area contributed by atoms with Crippen LogP contribution >= 0.6 is 0 Å². The number of nitrogens with zero attached hydrogens (tertiary/aromatic N) is 2. The predicted molar refractivity (Wildman–Crippen MR) is 140 cm³/mol. The lowest BCUT2D eigenvalue weighted by Gasteiger charge is -2.26. The van der Waals surface area contributed by atoms with Crippen molar-refractivity contribution in [1.29, 1.82) is 0 Å². The highest BCUT2D eigenvalue weighted by Gasteiger charge is 2.27. The minimum absolute atomic E-state index is 0.0718. The van der Waals surface area contributed by atoms with Crippen LogP contribution in [0.25, 0.3) is 33.6 Å². The lowest BCUT2D eigenvalue weighted by molar-refractivity contribution is 0.0342. The van der Waals surface area contributed by atoms with Gasteiger partial charge in [-0.05, 0) is 41.8 Å². The quantitative estimate of drug-likeness (QED) is 0.323. The van der Waals surface area contributed by atoms with Crippen LogP contribution < -0.4 is 5.32 Å². The summed E-state index contributed by atoms with van der Waals surface area (Å²) in [5.74, 6) is -1.23. The van der Waals surface area contributed by atoms with E-state index in [0.717, 1.165) is 25.2 Å². The summed E-state index contributed by atoms with van der Waals surface area (Å²) >= 11 is 0. The Kier molecular flexibility index (Phi) is 7.39. The molecule has 5 rings (SSSR count). The van der Waals surface area contributed by atoms with Crippen molar-refractivity contribution in [3.8, 4) is 45.1 Å². The number of ether oxygens (including phenoxy) is 1. The van der Waals surface area contributed by atoms with Crippen molar-refractivity contribution < 1.29 is 28.7 Å². The van der Waals surface area contributed by atoms with E-state index in [4.69, 9.17) is 9.26 Å². The summed E-state index contributed by atoms with van der Waals surface area (Å²) in [6.07, 6.45) is 0. The Morgan fingerprint density at radius 3 is 2.45 bits per heavy atom. The number of phenolic OH excluding ortho intramolecular Hbond substituents is 2. The Balaban J connectivity index is 1.58. The molecule has 0 spiro atoms. The topological polar surface area (TPSA) is 108 Å². The van der Waals surface area contributed by atoms with Crippen LogP contribution in [0.15, 0.2) is 65.2 Å². The van der Waals surface area contributed by atoms with Gasteiger partial charge in [0.05, 0.1) is 24.3 Å². The second-order valence-corrected chi connectivity index (χ2v) is 9.08. The van der Waals surface area contributed by atoms with Crippen molar-refractivity contribution in [1.82, 2.24) is 15.4 Å². The molecule has 0 saturated carbocycles. The lowest BCUT2D eigenvalue weighted by Crippen LogP contribution is -2.35. The molecular weight excluding hydrogens is 489 g/mol. The molecule has 8 nitrogen and oxygen atoms in total. The molecule has 1 fully saturated rings. The van der Waals surface area contributed by atoms with Gasteiger partial charge >= 0.3 is 0 Å². The third kappa shape index (κ3) is 5.25. The zero-order chi connectivity index (χ0) is 26.6. The fourth-order valence-electron chi connectivity index (χ4n) is 4.58. The summed E-state index contributed by atoms with van der Waals surface area (Å²) in [6.45, 7) is 6.14. The van der Waals surface area contributed by atoms with Gasteiger partial charge < -0.3 is 24.8 Å². The van der Waals surface area contributed by atoms with Crippen LogP contribution in [-0.2, 0) is 11.3 Å². The molecule has 2 heterocycles. The third-order valence-corrected chi connectivity index (χ3v) is 6.49. The van der Waals surface area contributed by atoms with Crippen molar-refractivity contribution in [3.63, 3.8) is 0 Å². The smallest absolute Gasteiger partial charge is 0.274 e. The SMILES string of the molecule is CCNC(=O)c1noc(-c2cc(-c3cccc(F)c3)c(O)cc2O)c1-c1ccc(CN2CCOCC2)cc1. The number of carbonyl (C=O) groups is 1. The van der Waals surface area contributed by atoms with Gasteiger partial charge in [0.15, 0.2) is 11.5 Å². The molecule has 1 amide bonds. The number of nitrogens with one attached hydrogen (secondary N) is 1. The molecule has 0 radical (unpaired) electrons. The van der Waals surface area contributed by atoms with E-state index in [9.17, 15) is 19.4 Å². The molecule has 1 aromatic heterocycles. The third-order valence-electron chi connectivity index (χ3n) is 6.49. The number of aromatic hydroxyl groups is 2. The van der Waals surface area contributed by atoms with Gasteiger partial charge in [0.1, 0.15) is 17.3 Å². The molecule has 0 unspecified atom stereocenters. The van der Waals surface area contributed by atoms with Gasteiger partial charge in [-0.1, -0.05) is 41.6 Å². The number of phenols is 2.